The molecule has 0 aliphatic rings. The van der Waals surface area contributed by atoms with Crippen molar-refractivity contribution < 1.29 is 17.6 Å². The molecule has 0 atom stereocenters. The topological polar surface area (TPSA) is 51.2 Å². The van der Waals surface area contributed by atoms with Crippen LogP contribution in [0.3, 0.4) is 0 Å². The molecule has 26 heavy (non-hydrogen) atoms. The average Bonchev–Trinajstić information content (AvgIpc) is 2.63. The van der Waals surface area contributed by atoms with Crippen molar-refractivity contribution in [3.05, 3.63) is 100 Å². The third kappa shape index (κ3) is 4.00. The van der Waals surface area contributed by atoms with Crippen molar-refractivity contribution in [2.75, 3.05) is 0 Å². The van der Waals surface area contributed by atoms with Gasteiger partial charge in [0.15, 0.2) is 15.6 Å². The van der Waals surface area contributed by atoms with E-state index in [0.717, 1.165) is 12.1 Å². The fourth-order valence-corrected chi connectivity index (χ4v) is 4.11. The highest BCUT2D eigenvalue weighted by Gasteiger charge is 2.21. The summed E-state index contributed by atoms with van der Waals surface area (Å²) < 4.78 is 38.3. The number of ketones is 1. The predicted molar refractivity (Wildman–Crippen MR) is 98.6 cm³/mol. The fourth-order valence-electron chi connectivity index (χ4n) is 2.56. The SMILES string of the molecule is O=C(c1ccccc1)c1cc(Cl)ccc1CS(=O)(=O)c1ccc(F)cc1. The molecular weight excluding hydrogens is 375 g/mol. The Kier molecular flexibility index (Phi) is 5.20. The zero-order valence-electron chi connectivity index (χ0n) is 13.5. The lowest BCUT2D eigenvalue weighted by Gasteiger charge is -2.11. The van der Waals surface area contributed by atoms with Gasteiger partial charge < -0.3 is 0 Å². The van der Waals surface area contributed by atoms with Crippen LogP contribution >= 0.6 is 11.6 Å². The summed E-state index contributed by atoms with van der Waals surface area (Å²) in [4.78, 5) is 12.8. The predicted octanol–water partition coefficient (Wildman–Crippen LogP) is 4.68. The van der Waals surface area contributed by atoms with Crippen LogP contribution < -0.4 is 0 Å². The lowest BCUT2D eigenvalue weighted by atomic mass is 9.99. The van der Waals surface area contributed by atoms with Crippen LogP contribution in [-0.4, -0.2) is 14.2 Å². The molecule has 132 valence electrons. The molecule has 0 saturated carbocycles. The van der Waals surface area contributed by atoms with E-state index in [4.69, 9.17) is 11.6 Å². The first-order valence-electron chi connectivity index (χ1n) is 7.73. The molecule has 0 bridgehead atoms. The van der Waals surface area contributed by atoms with Gasteiger partial charge in [-0.3, -0.25) is 4.79 Å². The minimum absolute atomic E-state index is 0.00744. The second-order valence-electron chi connectivity index (χ2n) is 5.71. The molecule has 3 aromatic carbocycles. The molecule has 0 heterocycles. The highest BCUT2D eigenvalue weighted by atomic mass is 35.5. The Morgan fingerprint density at radius 2 is 1.58 bits per heavy atom. The second-order valence-corrected chi connectivity index (χ2v) is 8.14. The minimum atomic E-state index is -3.74. The lowest BCUT2D eigenvalue weighted by Crippen LogP contribution is -2.11. The zero-order valence-corrected chi connectivity index (χ0v) is 15.1. The van der Waals surface area contributed by atoms with E-state index in [1.807, 2.05) is 0 Å². The molecule has 0 unspecified atom stereocenters. The third-order valence-corrected chi connectivity index (χ3v) is 5.79. The highest BCUT2D eigenvalue weighted by Crippen LogP contribution is 2.24. The van der Waals surface area contributed by atoms with Crippen LogP contribution in [0.5, 0.6) is 0 Å². The number of benzene rings is 3. The number of carbonyl (C=O) groups excluding carboxylic acids is 1. The van der Waals surface area contributed by atoms with Crippen LogP contribution in [0.15, 0.2) is 77.7 Å². The Bertz CT molecular complexity index is 1050. The Hall–Kier alpha value is -2.50. The fraction of sp³-hybridized carbons (Fsp3) is 0.0500. The third-order valence-electron chi connectivity index (χ3n) is 3.87. The van der Waals surface area contributed by atoms with Crippen LogP contribution in [0.2, 0.25) is 5.02 Å². The van der Waals surface area contributed by atoms with Crippen LogP contribution in [0.1, 0.15) is 21.5 Å². The molecule has 0 spiro atoms. The van der Waals surface area contributed by atoms with Crippen molar-refractivity contribution in [1.82, 2.24) is 0 Å². The van der Waals surface area contributed by atoms with Crippen molar-refractivity contribution >= 4 is 27.2 Å². The Morgan fingerprint density at radius 3 is 2.23 bits per heavy atom. The Labute approximate surface area is 156 Å². The van der Waals surface area contributed by atoms with Crippen LogP contribution in [0.4, 0.5) is 4.39 Å². The molecular formula is C20H14ClFO3S. The molecule has 0 fully saturated rings. The summed E-state index contributed by atoms with van der Waals surface area (Å²) in [7, 11) is -3.74. The average molecular weight is 389 g/mol. The monoisotopic (exact) mass is 388 g/mol. The molecule has 0 saturated heterocycles. The summed E-state index contributed by atoms with van der Waals surface area (Å²) in [5, 5.41) is 0.340. The van der Waals surface area contributed by atoms with Crippen molar-refractivity contribution in [3.8, 4) is 0 Å². The van der Waals surface area contributed by atoms with Gasteiger partial charge in [0.05, 0.1) is 10.6 Å². The van der Waals surface area contributed by atoms with Gasteiger partial charge >= 0.3 is 0 Å². The maximum absolute atomic E-state index is 13.0. The van der Waals surface area contributed by atoms with E-state index in [-0.39, 0.29) is 22.0 Å². The Balaban J connectivity index is 2.01. The van der Waals surface area contributed by atoms with Gasteiger partial charge in [-0.1, -0.05) is 48.0 Å². The van der Waals surface area contributed by atoms with Crippen LogP contribution in [0.25, 0.3) is 0 Å². The first kappa shape index (κ1) is 18.3. The summed E-state index contributed by atoms with van der Waals surface area (Å²) in [6.45, 7) is 0. The number of carbonyl (C=O) groups is 1. The van der Waals surface area contributed by atoms with Crippen LogP contribution in [-0.2, 0) is 15.6 Å². The van der Waals surface area contributed by atoms with Gasteiger partial charge in [-0.2, -0.15) is 0 Å². The number of hydrogen-bond acceptors (Lipinski definition) is 3. The quantitative estimate of drug-likeness (QED) is 0.471. The van der Waals surface area contributed by atoms with Crippen molar-refractivity contribution in [2.24, 2.45) is 0 Å². The van der Waals surface area contributed by atoms with E-state index in [0.29, 0.717) is 16.1 Å². The van der Waals surface area contributed by atoms with Gasteiger partial charge in [-0.25, -0.2) is 12.8 Å². The van der Waals surface area contributed by atoms with E-state index in [9.17, 15) is 17.6 Å². The summed E-state index contributed by atoms with van der Waals surface area (Å²) in [6, 6.07) is 17.7. The standard InChI is InChI=1S/C20H14ClFO3S/c21-16-7-6-15(13-26(24,25)18-10-8-17(22)9-11-18)19(12-16)20(23)14-4-2-1-3-5-14/h1-12H,13H2. The van der Waals surface area contributed by atoms with E-state index >= 15 is 0 Å². The first-order valence-corrected chi connectivity index (χ1v) is 9.76. The van der Waals surface area contributed by atoms with Crippen molar-refractivity contribution in [2.45, 2.75) is 10.6 Å². The highest BCUT2D eigenvalue weighted by molar-refractivity contribution is 7.90. The molecule has 0 aliphatic heterocycles. The first-order chi connectivity index (χ1) is 12.4. The van der Waals surface area contributed by atoms with E-state index < -0.39 is 15.7 Å². The summed E-state index contributed by atoms with van der Waals surface area (Å²) in [5.74, 6) is -1.21. The normalized spacial score (nSPS) is 11.3. The molecule has 0 aromatic heterocycles. The number of sulfone groups is 1. The summed E-state index contributed by atoms with van der Waals surface area (Å²) in [5.41, 5.74) is 1.01. The van der Waals surface area contributed by atoms with Gasteiger partial charge in [-0.05, 0) is 42.0 Å². The van der Waals surface area contributed by atoms with Crippen molar-refractivity contribution in [1.29, 1.82) is 0 Å². The molecule has 3 aromatic rings. The minimum Gasteiger partial charge on any atom is -0.289 e. The number of hydrogen-bond donors (Lipinski definition) is 0. The number of rotatable bonds is 5. The van der Waals surface area contributed by atoms with Gasteiger partial charge in [0.1, 0.15) is 5.82 Å². The molecule has 0 radical (unpaired) electrons. The molecule has 0 N–H and O–H groups in total. The Morgan fingerprint density at radius 1 is 0.923 bits per heavy atom. The molecule has 3 nitrogen and oxygen atoms in total. The van der Waals surface area contributed by atoms with Gasteiger partial charge in [0.25, 0.3) is 0 Å². The summed E-state index contributed by atoms with van der Waals surface area (Å²) in [6.07, 6.45) is 0. The van der Waals surface area contributed by atoms with Crippen LogP contribution in [0, 0.1) is 5.82 Å². The molecule has 6 heteroatoms. The molecule has 0 amide bonds. The van der Waals surface area contributed by atoms with Gasteiger partial charge in [0.2, 0.25) is 0 Å². The van der Waals surface area contributed by atoms with E-state index in [1.54, 1.807) is 36.4 Å². The maximum atomic E-state index is 13.0. The van der Waals surface area contributed by atoms with Crippen molar-refractivity contribution in [3.63, 3.8) is 0 Å². The molecule has 3 rings (SSSR count). The lowest BCUT2D eigenvalue weighted by molar-refractivity contribution is 0.103. The van der Waals surface area contributed by atoms with E-state index in [1.165, 1.54) is 24.3 Å². The molecule has 0 aliphatic carbocycles. The summed E-state index contributed by atoms with van der Waals surface area (Å²) >= 11 is 6.01. The largest absolute Gasteiger partial charge is 0.289 e. The smallest absolute Gasteiger partial charge is 0.193 e. The van der Waals surface area contributed by atoms with Gasteiger partial charge in [0, 0.05) is 16.1 Å². The van der Waals surface area contributed by atoms with E-state index in [2.05, 4.69) is 0 Å². The number of halogens is 2. The van der Waals surface area contributed by atoms with Gasteiger partial charge in [-0.15, -0.1) is 0 Å². The zero-order chi connectivity index (χ0) is 18.7. The second kappa shape index (κ2) is 7.40. The maximum Gasteiger partial charge on any atom is 0.193 e.